The van der Waals surface area contributed by atoms with Crippen LogP contribution in [0.2, 0.25) is 0 Å². The van der Waals surface area contributed by atoms with Gasteiger partial charge in [0.05, 0.1) is 0 Å². The average molecular weight is 362 g/mol. The van der Waals surface area contributed by atoms with E-state index in [0.717, 1.165) is 11.1 Å². The van der Waals surface area contributed by atoms with E-state index in [4.69, 9.17) is 0 Å². The maximum atomic E-state index is 13.2. The van der Waals surface area contributed by atoms with Crippen LogP contribution >= 0.6 is 0 Å². The Labute approximate surface area is 160 Å². The Morgan fingerprint density at radius 2 is 1.78 bits per heavy atom. The van der Waals surface area contributed by atoms with E-state index < -0.39 is 0 Å². The smallest absolute Gasteiger partial charge is 0.254 e. The molecule has 0 heterocycles. The van der Waals surface area contributed by atoms with Crippen molar-refractivity contribution < 1.29 is 9.59 Å². The van der Waals surface area contributed by atoms with Gasteiger partial charge in [0.2, 0.25) is 5.91 Å². The van der Waals surface area contributed by atoms with Gasteiger partial charge in [-0.3, -0.25) is 9.59 Å². The molecule has 4 nitrogen and oxygen atoms in total. The Morgan fingerprint density at radius 3 is 2.37 bits per heavy atom. The lowest BCUT2D eigenvalue weighted by Gasteiger charge is -2.30. The second kappa shape index (κ2) is 8.67. The molecule has 1 N–H and O–H groups in total. The molecule has 2 aromatic rings. The van der Waals surface area contributed by atoms with Crippen molar-refractivity contribution in [1.29, 1.82) is 0 Å². The lowest BCUT2D eigenvalue weighted by Crippen LogP contribution is -2.39. The third-order valence-corrected chi connectivity index (χ3v) is 5.11. The van der Waals surface area contributed by atoms with Crippen LogP contribution in [0.15, 0.2) is 67.3 Å². The standard InChI is InChI=1S/C23H26N2O2/c1-3-22(26)24-15-18-9-11-21(12-10-18)23(27)25(17(2)20-13-14-20)16-19-7-5-4-6-8-19/h3-12,17,20H,1,13-16H2,2H3,(H,24,26). The van der Waals surface area contributed by atoms with Gasteiger partial charge in [-0.05, 0) is 55.0 Å². The Bertz CT molecular complexity index is 795. The van der Waals surface area contributed by atoms with Crippen LogP contribution in [-0.4, -0.2) is 22.8 Å². The van der Waals surface area contributed by atoms with Gasteiger partial charge in [0, 0.05) is 24.7 Å². The molecule has 0 spiro atoms. The lowest BCUT2D eigenvalue weighted by molar-refractivity contribution is -0.116. The molecular weight excluding hydrogens is 336 g/mol. The van der Waals surface area contributed by atoms with Gasteiger partial charge in [0.15, 0.2) is 0 Å². The molecule has 1 aliphatic carbocycles. The Morgan fingerprint density at radius 1 is 1.11 bits per heavy atom. The lowest BCUT2D eigenvalue weighted by atomic mass is 10.1. The van der Waals surface area contributed by atoms with Crippen molar-refractivity contribution in [3.8, 4) is 0 Å². The highest BCUT2D eigenvalue weighted by Gasteiger charge is 2.34. The molecule has 4 heteroatoms. The highest BCUT2D eigenvalue weighted by atomic mass is 16.2. The van der Waals surface area contributed by atoms with Crippen LogP contribution in [-0.2, 0) is 17.9 Å². The van der Waals surface area contributed by atoms with Crippen LogP contribution in [0.3, 0.4) is 0 Å². The van der Waals surface area contributed by atoms with E-state index >= 15 is 0 Å². The number of nitrogens with zero attached hydrogens (tertiary/aromatic N) is 1. The summed E-state index contributed by atoms with van der Waals surface area (Å²) in [7, 11) is 0. The van der Waals surface area contributed by atoms with Gasteiger partial charge >= 0.3 is 0 Å². The molecule has 1 fully saturated rings. The van der Waals surface area contributed by atoms with Gasteiger partial charge in [0.25, 0.3) is 5.91 Å². The Balaban J connectivity index is 1.72. The van der Waals surface area contributed by atoms with Crippen LogP contribution in [0, 0.1) is 5.92 Å². The zero-order chi connectivity index (χ0) is 19.2. The van der Waals surface area contributed by atoms with Crippen molar-refractivity contribution in [2.24, 2.45) is 5.92 Å². The van der Waals surface area contributed by atoms with Gasteiger partial charge in [-0.15, -0.1) is 0 Å². The molecule has 2 amide bonds. The topological polar surface area (TPSA) is 49.4 Å². The maximum absolute atomic E-state index is 13.2. The summed E-state index contributed by atoms with van der Waals surface area (Å²) in [6, 6.07) is 17.8. The maximum Gasteiger partial charge on any atom is 0.254 e. The van der Waals surface area contributed by atoms with E-state index in [-0.39, 0.29) is 17.9 Å². The molecule has 0 saturated heterocycles. The molecule has 0 radical (unpaired) electrons. The number of carbonyl (C=O) groups excluding carboxylic acids is 2. The fourth-order valence-corrected chi connectivity index (χ4v) is 3.21. The Hall–Kier alpha value is -2.88. The van der Waals surface area contributed by atoms with E-state index in [1.807, 2.05) is 47.4 Å². The third kappa shape index (κ3) is 5.07. The first-order valence-electron chi connectivity index (χ1n) is 9.42. The van der Waals surface area contributed by atoms with Gasteiger partial charge < -0.3 is 10.2 Å². The summed E-state index contributed by atoms with van der Waals surface area (Å²) in [6.45, 7) is 6.63. The predicted molar refractivity (Wildman–Crippen MR) is 107 cm³/mol. The minimum atomic E-state index is -0.206. The van der Waals surface area contributed by atoms with Crippen molar-refractivity contribution in [2.75, 3.05) is 0 Å². The Kier molecular flexibility index (Phi) is 6.07. The van der Waals surface area contributed by atoms with Crippen molar-refractivity contribution in [2.45, 2.75) is 38.9 Å². The molecule has 1 atom stereocenters. The van der Waals surface area contributed by atoms with Crippen LogP contribution in [0.25, 0.3) is 0 Å². The van der Waals surface area contributed by atoms with Crippen molar-refractivity contribution in [3.05, 3.63) is 83.9 Å². The summed E-state index contributed by atoms with van der Waals surface area (Å²) in [5, 5.41) is 2.74. The molecule has 140 valence electrons. The second-order valence-electron chi connectivity index (χ2n) is 7.12. The van der Waals surface area contributed by atoms with Gasteiger partial charge in [0.1, 0.15) is 0 Å². The number of amides is 2. The van der Waals surface area contributed by atoms with Crippen molar-refractivity contribution >= 4 is 11.8 Å². The number of carbonyl (C=O) groups is 2. The van der Waals surface area contributed by atoms with Gasteiger partial charge in [-0.1, -0.05) is 49.0 Å². The van der Waals surface area contributed by atoms with Crippen molar-refractivity contribution in [3.63, 3.8) is 0 Å². The number of hydrogen-bond acceptors (Lipinski definition) is 2. The molecule has 0 bridgehead atoms. The van der Waals surface area contributed by atoms with Crippen LogP contribution in [0.1, 0.15) is 41.3 Å². The third-order valence-electron chi connectivity index (χ3n) is 5.11. The summed E-state index contributed by atoms with van der Waals surface area (Å²) in [4.78, 5) is 26.5. The summed E-state index contributed by atoms with van der Waals surface area (Å²) in [6.07, 6.45) is 3.64. The summed E-state index contributed by atoms with van der Waals surface area (Å²) < 4.78 is 0. The number of benzene rings is 2. The molecule has 1 aliphatic rings. The first-order chi connectivity index (χ1) is 13.1. The fourth-order valence-electron chi connectivity index (χ4n) is 3.21. The second-order valence-corrected chi connectivity index (χ2v) is 7.12. The molecule has 0 aliphatic heterocycles. The molecule has 3 rings (SSSR count). The molecule has 1 saturated carbocycles. The number of hydrogen-bond donors (Lipinski definition) is 1. The van der Waals surface area contributed by atoms with E-state index in [2.05, 4.69) is 31.0 Å². The fraction of sp³-hybridized carbons (Fsp3) is 0.304. The van der Waals surface area contributed by atoms with Crippen LogP contribution in [0.5, 0.6) is 0 Å². The first kappa shape index (κ1) is 18.9. The van der Waals surface area contributed by atoms with Gasteiger partial charge in [-0.2, -0.15) is 0 Å². The molecule has 2 aromatic carbocycles. The molecule has 1 unspecified atom stereocenters. The highest BCUT2D eigenvalue weighted by Crippen LogP contribution is 2.36. The average Bonchev–Trinajstić information content (AvgIpc) is 3.56. The van der Waals surface area contributed by atoms with Crippen LogP contribution in [0.4, 0.5) is 0 Å². The zero-order valence-electron chi connectivity index (χ0n) is 15.7. The van der Waals surface area contributed by atoms with Crippen LogP contribution < -0.4 is 5.32 Å². The minimum absolute atomic E-state index is 0.0555. The summed E-state index contributed by atoms with van der Waals surface area (Å²) in [5.74, 6) is 0.452. The highest BCUT2D eigenvalue weighted by molar-refractivity contribution is 5.94. The zero-order valence-corrected chi connectivity index (χ0v) is 15.7. The molecular formula is C23H26N2O2. The van der Waals surface area contributed by atoms with E-state index in [9.17, 15) is 9.59 Å². The molecule has 0 aromatic heterocycles. The first-order valence-corrected chi connectivity index (χ1v) is 9.42. The van der Waals surface area contributed by atoms with E-state index in [0.29, 0.717) is 24.6 Å². The number of nitrogens with one attached hydrogen (secondary N) is 1. The quantitative estimate of drug-likeness (QED) is 0.724. The van der Waals surface area contributed by atoms with E-state index in [1.54, 1.807) is 0 Å². The largest absolute Gasteiger partial charge is 0.348 e. The normalized spacial score (nSPS) is 14.3. The molecule has 27 heavy (non-hydrogen) atoms. The minimum Gasteiger partial charge on any atom is -0.348 e. The van der Waals surface area contributed by atoms with Gasteiger partial charge in [-0.25, -0.2) is 0 Å². The summed E-state index contributed by atoms with van der Waals surface area (Å²) >= 11 is 0. The SMILES string of the molecule is C=CC(=O)NCc1ccc(C(=O)N(Cc2ccccc2)C(C)C2CC2)cc1. The van der Waals surface area contributed by atoms with E-state index in [1.165, 1.54) is 18.9 Å². The predicted octanol–water partition coefficient (Wildman–Crippen LogP) is 3.93. The van der Waals surface area contributed by atoms with Crippen molar-refractivity contribution in [1.82, 2.24) is 10.2 Å². The monoisotopic (exact) mass is 362 g/mol. The summed E-state index contributed by atoms with van der Waals surface area (Å²) in [5.41, 5.74) is 2.77. The number of rotatable bonds is 8.